The van der Waals surface area contributed by atoms with Crippen LogP contribution in [-0.4, -0.2) is 69.4 Å². The number of H-pyrrole nitrogens is 1. The van der Waals surface area contributed by atoms with E-state index >= 15 is 0 Å². The van der Waals surface area contributed by atoms with Crippen molar-refractivity contribution in [2.45, 2.75) is 24.4 Å². The zero-order valence-corrected chi connectivity index (χ0v) is 18.8. The van der Waals surface area contributed by atoms with Gasteiger partial charge < -0.3 is 29.6 Å². The van der Waals surface area contributed by atoms with Gasteiger partial charge in [-0.25, -0.2) is 4.98 Å². The smallest absolute Gasteiger partial charge is 0.213 e. The average molecular weight is 480 g/mol. The van der Waals surface area contributed by atoms with Gasteiger partial charge in [-0.3, -0.25) is 0 Å². The van der Waals surface area contributed by atoms with Crippen LogP contribution < -0.4 is 10.1 Å². The van der Waals surface area contributed by atoms with E-state index < -0.39 is 6.10 Å². The minimum Gasteiger partial charge on any atom is -0.469 e. The van der Waals surface area contributed by atoms with Crippen molar-refractivity contribution < 1.29 is 19.3 Å². The first-order chi connectivity index (χ1) is 16.6. The number of allylic oxidation sites excluding steroid dienone is 2. The van der Waals surface area contributed by atoms with Gasteiger partial charge in [0, 0.05) is 46.2 Å². The molecule has 3 aliphatic rings. The second-order valence-corrected chi connectivity index (χ2v) is 8.80. The Bertz CT molecular complexity index is 1240. The number of benzene rings is 1. The molecule has 3 aliphatic heterocycles. The van der Waals surface area contributed by atoms with E-state index in [-0.39, 0.29) is 24.9 Å². The highest BCUT2D eigenvalue weighted by molar-refractivity contribution is 6.30. The summed E-state index contributed by atoms with van der Waals surface area (Å²) in [6.07, 6.45) is 4.30. The molecule has 4 atom stereocenters. The highest BCUT2D eigenvalue weighted by atomic mass is 35.5. The molecule has 0 bridgehead atoms. The third-order valence-corrected chi connectivity index (χ3v) is 6.38. The number of aliphatic hydroxyl groups is 1. The third-order valence-electron chi connectivity index (χ3n) is 6.13. The van der Waals surface area contributed by atoms with Crippen molar-refractivity contribution >= 4 is 22.9 Å². The summed E-state index contributed by atoms with van der Waals surface area (Å²) < 4.78 is 17.1. The third kappa shape index (κ3) is 4.07. The summed E-state index contributed by atoms with van der Waals surface area (Å²) in [7, 11) is 0. The van der Waals surface area contributed by atoms with Crippen LogP contribution in [0.1, 0.15) is 11.4 Å². The minimum absolute atomic E-state index is 0.265. The highest BCUT2D eigenvalue weighted by Crippen LogP contribution is 2.30. The first-order valence-corrected chi connectivity index (χ1v) is 11.4. The lowest BCUT2D eigenvalue weighted by molar-refractivity contribution is 0.00780. The van der Waals surface area contributed by atoms with Crippen LogP contribution in [0.25, 0.3) is 22.7 Å². The number of dihydropyridines is 1. The van der Waals surface area contributed by atoms with E-state index in [9.17, 15) is 5.11 Å². The van der Waals surface area contributed by atoms with Gasteiger partial charge >= 0.3 is 0 Å². The van der Waals surface area contributed by atoms with Crippen molar-refractivity contribution in [2.75, 3.05) is 19.8 Å². The second kappa shape index (κ2) is 8.84. The number of halogens is 1. The summed E-state index contributed by atoms with van der Waals surface area (Å²) in [5.41, 5.74) is 3.81. The quantitative estimate of drug-likeness (QED) is 0.511. The lowest BCUT2D eigenvalue weighted by Gasteiger charge is -2.18. The van der Waals surface area contributed by atoms with Crippen molar-refractivity contribution in [3.05, 3.63) is 71.2 Å². The van der Waals surface area contributed by atoms with Crippen LogP contribution in [0.15, 0.2) is 54.7 Å². The van der Waals surface area contributed by atoms with Crippen LogP contribution in [-0.2, 0) is 9.47 Å². The number of rotatable bonds is 5. The molecule has 0 radical (unpaired) electrons. The molecule has 10 heteroatoms. The topological polar surface area (TPSA) is 114 Å². The van der Waals surface area contributed by atoms with Crippen LogP contribution in [0.3, 0.4) is 0 Å². The fraction of sp³-hybridized carbons (Fsp3) is 0.292. The van der Waals surface area contributed by atoms with E-state index in [1.165, 1.54) is 0 Å². The Balaban J connectivity index is 1.12. The van der Waals surface area contributed by atoms with Crippen molar-refractivity contribution in [2.24, 2.45) is 0 Å². The monoisotopic (exact) mass is 479 g/mol. The van der Waals surface area contributed by atoms with Gasteiger partial charge in [0.15, 0.2) is 17.8 Å². The predicted octanol–water partition coefficient (Wildman–Crippen LogP) is 2.45. The van der Waals surface area contributed by atoms with Crippen LogP contribution >= 0.6 is 11.6 Å². The number of aromatic nitrogens is 4. The predicted molar refractivity (Wildman–Crippen MR) is 125 cm³/mol. The zero-order chi connectivity index (χ0) is 23.1. The van der Waals surface area contributed by atoms with Gasteiger partial charge in [-0.15, -0.1) is 10.2 Å². The molecule has 3 N–H and O–H groups in total. The van der Waals surface area contributed by atoms with Crippen LogP contribution in [0.4, 0.5) is 0 Å². The Morgan fingerprint density at radius 1 is 0.941 bits per heavy atom. The van der Waals surface area contributed by atoms with Gasteiger partial charge in [-0.2, -0.15) is 0 Å². The Morgan fingerprint density at radius 2 is 1.74 bits per heavy atom. The largest absolute Gasteiger partial charge is 0.469 e. The first-order valence-electron chi connectivity index (χ1n) is 11.0. The van der Waals surface area contributed by atoms with Crippen molar-refractivity contribution in [1.82, 2.24) is 25.5 Å². The normalized spacial score (nSPS) is 25.9. The molecule has 5 heterocycles. The Hall–Kier alpha value is -3.24. The number of pyridine rings is 1. The lowest BCUT2D eigenvalue weighted by atomic mass is 10.1. The molecule has 34 heavy (non-hydrogen) atoms. The number of hydrogen-bond acceptors (Lipinski definition) is 8. The van der Waals surface area contributed by atoms with Gasteiger partial charge in [0.1, 0.15) is 18.3 Å². The molecule has 174 valence electrons. The summed E-state index contributed by atoms with van der Waals surface area (Å²) >= 11 is 5.96. The number of fused-ring (bicyclic) bond motifs is 1. The van der Waals surface area contributed by atoms with E-state index in [2.05, 4.69) is 25.5 Å². The maximum atomic E-state index is 9.86. The molecule has 0 amide bonds. The van der Waals surface area contributed by atoms with Crippen molar-refractivity contribution in [3.63, 3.8) is 0 Å². The molecule has 0 unspecified atom stereocenters. The summed E-state index contributed by atoms with van der Waals surface area (Å²) in [5, 5.41) is 22.5. The van der Waals surface area contributed by atoms with Gasteiger partial charge in [0.2, 0.25) is 5.88 Å². The molecule has 6 rings (SSSR count). The number of nitrogens with one attached hydrogen (secondary N) is 2. The highest BCUT2D eigenvalue weighted by Gasteiger charge is 2.48. The molecular weight excluding hydrogens is 458 g/mol. The van der Waals surface area contributed by atoms with E-state index in [4.69, 9.17) is 25.8 Å². The standard InChI is InChI=1S/C24H22ClN5O4/c25-16-5-1-13(2-6-16)23-28-24(30-29-23)15-3-7-17(26-10-15)14-4-8-20(27-9-14)34-19-12-33-21-18(31)11-32-22(19)21/h1-9,18-19,21-22,26,31H,10-12H2,(H,28,29,30)/t18-,19+,21-,22-/m1/s1. The average Bonchev–Trinajstić information content (AvgIpc) is 3.60. The van der Waals surface area contributed by atoms with Crippen LogP contribution in [0.5, 0.6) is 5.88 Å². The molecule has 9 nitrogen and oxygen atoms in total. The van der Waals surface area contributed by atoms with E-state index in [1.54, 1.807) is 6.20 Å². The van der Waals surface area contributed by atoms with E-state index in [0.717, 1.165) is 22.4 Å². The van der Waals surface area contributed by atoms with Gasteiger partial charge in [-0.1, -0.05) is 17.7 Å². The van der Waals surface area contributed by atoms with Crippen LogP contribution in [0, 0.1) is 0 Å². The number of aromatic amines is 1. The summed E-state index contributed by atoms with van der Waals surface area (Å²) in [6, 6.07) is 11.2. The molecule has 3 aromatic rings. The number of ether oxygens (including phenoxy) is 3. The van der Waals surface area contributed by atoms with Gasteiger partial charge in [0.05, 0.1) is 13.2 Å². The molecule has 2 saturated heterocycles. The van der Waals surface area contributed by atoms with Crippen LogP contribution in [0.2, 0.25) is 5.02 Å². The maximum Gasteiger partial charge on any atom is 0.213 e. The number of nitrogens with zero attached hydrogens (tertiary/aromatic N) is 3. The molecule has 0 saturated carbocycles. The summed E-state index contributed by atoms with van der Waals surface area (Å²) in [4.78, 5) is 7.70. The molecule has 2 aromatic heterocycles. The zero-order valence-electron chi connectivity index (χ0n) is 18.0. The lowest BCUT2D eigenvalue weighted by Crippen LogP contribution is -2.34. The van der Waals surface area contributed by atoms with E-state index in [1.807, 2.05) is 48.6 Å². The van der Waals surface area contributed by atoms with Gasteiger partial charge in [-0.05, 0) is 36.4 Å². The first kappa shape index (κ1) is 21.3. The summed E-state index contributed by atoms with van der Waals surface area (Å²) in [6.45, 7) is 1.24. The van der Waals surface area contributed by atoms with Crippen molar-refractivity contribution in [3.8, 4) is 17.3 Å². The maximum absolute atomic E-state index is 9.86. The molecule has 2 fully saturated rings. The fourth-order valence-electron chi connectivity index (χ4n) is 4.31. The molecule has 0 spiro atoms. The Labute approximate surface area is 200 Å². The molecule has 0 aliphatic carbocycles. The minimum atomic E-state index is -0.600. The van der Waals surface area contributed by atoms with Crippen molar-refractivity contribution in [1.29, 1.82) is 0 Å². The number of aliphatic hydroxyl groups excluding tert-OH is 1. The number of hydrogen-bond donors (Lipinski definition) is 3. The second-order valence-electron chi connectivity index (χ2n) is 8.36. The molecule has 1 aromatic carbocycles. The van der Waals surface area contributed by atoms with E-state index in [0.29, 0.717) is 35.7 Å². The Morgan fingerprint density at radius 3 is 2.50 bits per heavy atom. The molecular formula is C24H22ClN5O4. The SMILES string of the molecule is O[C@@H]1CO[C@H]2[C@@H]1OC[C@@H]2Oc1ccc(C2=CC=C(c3nnc(-c4ccc(Cl)cc4)[nH]3)CN2)cn1. The summed E-state index contributed by atoms with van der Waals surface area (Å²) in [5.74, 6) is 1.90. The van der Waals surface area contributed by atoms with Gasteiger partial charge in [0.25, 0.3) is 0 Å². The Kier molecular flexibility index (Phi) is 5.54. The fourth-order valence-corrected chi connectivity index (χ4v) is 4.43.